The topological polar surface area (TPSA) is 51.2 Å². The van der Waals surface area contributed by atoms with Crippen molar-refractivity contribution in [1.29, 1.82) is 0 Å². The smallest absolute Gasteiger partial charge is 0.226 e. The molecule has 2 aromatic carbocycles. The lowest BCUT2D eigenvalue weighted by Crippen LogP contribution is -2.12. The summed E-state index contributed by atoms with van der Waals surface area (Å²) in [6.07, 6.45) is 1.99. The van der Waals surface area contributed by atoms with Gasteiger partial charge in [0.05, 0.1) is 16.8 Å². The number of ether oxygens (including phenoxy) is 1. The second-order valence-corrected chi connectivity index (χ2v) is 8.31. The van der Waals surface area contributed by atoms with E-state index in [1.165, 1.54) is 16.9 Å². The fourth-order valence-corrected chi connectivity index (χ4v) is 3.96. The van der Waals surface area contributed by atoms with Crippen LogP contribution in [0.15, 0.2) is 52.3 Å². The van der Waals surface area contributed by atoms with Crippen LogP contribution in [-0.2, 0) is 11.2 Å². The number of nitrogens with zero attached hydrogens (tertiary/aromatic N) is 1. The molecule has 3 rings (SSSR count). The third-order valence-electron chi connectivity index (χ3n) is 4.10. The maximum absolute atomic E-state index is 12.1. The van der Waals surface area contributed by atoms with E-state index in [1.807, 2.05) is 41.8 Å². The Hall–Kier alpha value is -1.89. The number of thiazole rings is 1. The van der Waals surface area contributed by atoms with Crippen molar-refractivity contribution in [2.45, 2.75) is 26.2 Å². The molecule has 0 saturated heterocycles. The summed E-state index contributed by atoms with van der Waals surface area (Å²) in [5, 5.41) is 6.04. The Morgan fingerprint density at radius 3 is 2.75 bits per heavy atom. The predicted octanol–water partition coefficient (Wildman–Crippen LogP) is 6.59. The zero-order valence-corrected chi connectivity index (χ0v) is 18.5. The van der Waals surface area contributed by atoms with Gasteiger partial charge in [-0.25, -0.2) is 4.98 Å². The molecule has 7 heteroatoms. The summed E-state index contributed by atoms with van der Waals surface area (Å²) in [6.45, 7) is 2.59. The zero-order chi connectivity index (χ0) is 19.9. The molecule has 0 bridgehead atoms. The number of carbonyl (C=O) groups is 1. The molecular weight excluding hydrogens is 460 g/mol. The number of hydrogen-bond acceptors (Lipinski definition) is 4. The molecule has 0 spiro atoms. The first kappa shape index (κ1) is 20.8. The van der Waals surface area contributed by atoms with E-state index < -0.39 is 0 Å². The summed E-state index contributed by atoms with van der Waals surface area (Å²) in [4.78, 5) is 16.6. The van der Waals surface area contributed by atoms with Gasteiger partial charge in [-0.1, -0.05) is 36.7 Å². The fraction of sp³-hybridized carbons (Fsp3) is 0.238. The third-order valence-corrected chi connectivity index (χ3v) is 5.73. The molecule has 0 aliphatic heterocycles. The highest BCUT2D eigenvalue weighted by Gasteiger charge is 2.09. The van der Waals surface area contributed by atoms with Crippen molar-refractivity contribution >= 4 is 49.9 Å². The van der Waals surface area contributed by atoms with E-state index in [0.717, 1.165) is 27.9 Å². The van der Waals surface area contributed by atoms with Crippen LogP contribution < -0.4 is 10.1 Å². The quantitative estimate of drug-likeness (QED) is 0.371. The number of halogens is 2. The molecule has 0 aliphatic rings. The number of rotatable bonds is 8. The lowest BCUT2D eigenvalue weighted by molar-refractivity contribution is -0.116. The molecule has 0 aliphatic carbocycles. The van der Waals surface area contributed by atoms with E-state index in [9.17, 15) is 4.79 Å². The van der Waals surface area contributed by atoms with Gasteiger partial charge in [0.1, 0.15) is 5.75 Å². The molecule has 0 atom stereocenters. The molecule has 0 fully saturated rings. The van der Waals surface area contributed by atoms with E-state index in [1.54, 1.807) is 0 Å². The average Bonchev–Trinajstić information content (AvgIpc) is 3.15. The van der Waals surface area contributed by atoms with Gasteiger partial charge in [-0.2, -0.15) is 0 Å². The molecule has 28 heavy (non-hydrogen) atoms. The van der Waals surface area contributed by atoms with Crippen LogP contribution in [0.3, 0.4) is 0 Å². The van der Waals surface area contributed by atoms with E-state index in [-0.39, 0.29) is 5.91 Å². The van der Waals surface area contributed by atoms with Gasteiger partial charge in [0.15, 0.2) is 5.13 Å². The Morgan fingerprint density at radius 2 is 2.04 bits per heavy atom. The Labute approximate surface area is 182 Å². The summed E-state index contributed by atoms with van der Waals surface area (Å²) >= 11 is 10.8. The predicted molar refractivity (Wildman–Crippen MR) is 119 cm³/mol. The SMILES string of the molecule is CCc1ccc(OCCCC(=O)Nc2nc(-c3ccc(Cl)cc3)cs2)c(Br)c1. The van der Waals surface area contributed by atoms with Crippen molar-refractivity contribution in [3.05, 3.63) is 62.9 Å². The highest BCUT2D eigenvalue weighted by atomic mass is 79.9. The third kappa shape index (κ3) is 5.80. The standard InChI is InChI=1S/C21H20BrClN2O2S/c1-2-14-5-10-19(17(22)12-14)27-11-3-4-20(26)25-21-24-18(13-28-21)15-6-8-16(23)9-7-15/h5-10,12-13H,2-4,11H2,1H3,(H,24,25,26). The van der Waals surface area contributed by atoms with Crippen LogP contribution in [0, 0.1) is 0 Å². The van der Waals surface area contributed by atoms with Gasteiger partial charge in [0.25, 0.3) is 0 Å². The van der Waals surface area contributed by atoms with Crippen LogP contribution in [-0.4, -0.2) is 17.5 Å². The van der Waals surface area contributed by atoms with Crippen LogP contribution in [0.5, 0.6) is 5.75 Å². The van der Waals surface area contributed by atoms with E-state index >= 15 is 0 Å². The summed E-state index contributed by atoms with van der Waals surface area (Å²) in [5.41, 5.74) is 3.04. The van der Waals surface area contributed by atoms with Gasteiger partial charge < -0.3 is 10.1 Å². The molecular formula is C21H20BrClN2O2S. The number of aromatic nitrogens is 1. The van der Waals surface area contributed by atoms with Crippen LogP contribution in [0.25, 0.3) is 11.3 Å². The summed E-state index contributed by atoms with van der Waals surface area (Å²) in [7, 11) is 0. The molecule has 0 radical (unpaired) electrons. The number of benzene rings is 2. The van der Waals surface area contributed by atoms with Crippen molar-refractivity contribution in [3.8, 4) is 17.0 Å². The minimum absolute atomic E-state index is 0.0685. The molecule has 1 heterocycles. The molecule has 1 aromatic heterocycles. The normalized spacial score (nSPS) is 10.7. The second kappa shape index (κ2) is 10.0. The first-order valence-electron chi connectivity index (χ1n) is 8.97. The van der Waals surface area contributed by atoms with Gasteiger partial charge in [0.2, 0.25) is 5.91 Å². The number of nitrogens with one attached hydrogen (secondary N) is 1. The van der Waals surface area contributed by atoms with Gasteiger partial charge in [-0.05, 0) is 58.6 Å². The highest BCUT2D eigenvalue weighted by molar-refractivity contribution is 9.10. The van der Waals surface area contributed by atoms with Crippen molar-refractivity contribution < 1.29 is 9.53 Å². The average molecular weight is 480 g/mol. The van der Waals surface area contributed by atoms with Gasteiger partial charge in [0, 0.05) is 22.4 Å². The Kier molecular flexibility index (Phi) is 7.48. The number of hydrogen-bond donors (Lipinski definition) is 1. The highest BCUT2D eigenvalue weighted by Crippen LogP contribution is 2.27. The second-order valence-electron chi connectivity index (χ2n) is 6.16. The summed E-state index contributed by atoms with van der Waals surface area (Å²) in [5.74, 6) is 0.728. The van der Waals surface area contributed by atoms with Crippen LogP contribution >= 0.6 is 38.9 Å². The van der Waals surface area contributed by atoms with Crippen molar-refractivity contribution in [2.24, 2.45) is 0 Å². The monoisotopic (exact) mass is 478 g/mol. The molecule has 0 unspecified atom stereocenters. The number of carbonyl (C=O) groups excluding carboxylic acids is 1. The van der Waals surface area contributed by atoms with Crippen LogP contribution in [0.4, 0.5) is 5.13 Å². The zero-order valence-electron chi connectivity index (χ0n) is 15.4. The molecule has 4 nitrogen and oxygen atoms in total. The Morgan fingerprint density at radius 1 is 1.25 bits per heavy atom. The lowest BCUT2D eigenvalue weighted by Gasteiger charge is -2.09. The maximum atomic E-state index is 12.1. The molecule has 1 amide bonds. The van der Waals surface area contributed by atoms with Gasteiger partial charge in [-0.15, -0.1) is 11.3 Å². The molecule has 3 aromatic rings. The van der Waals surface area contributed by atoms with Crippen LogP contribution in [0.2, 0.25) is 5.02 Å². The van der Waals surface area contributed by atoms with Crippen LogP contribution in [0.1, 0.15) is 25.3 Å². The first-order valence-corrected chi connectivity index (χ1v) is 11.0. The van der Waals surface area contributed by atoms with Gasteiger partial charge >= 0.3 is 0 Å². The summed E-state index contributed by atoms with van der Waals surface area (Å²) in [6, 6.07) is 13.5. The van der Waals surface area contributed by atoms with Crippen molar-refractivity contribution in [2.75, 3.05) is 11.9 Å². The lowest BCUT2D eigenvalue weighted by atomic mass is 10.2. The Bertz CT molecular complexity index is 944. The summed E-state index contributed by atoms with van der Waals surface area (Å²) < 4.78 is 6.70. The van der Waals surface area contributed by atoms with E-state index in [2.05, 4.69) is 39.2 Å². The molecule has 146 valence electrons. The van der Waals surface area contributed by atoms with Crippen molar-refractivity contribution in [1.82, 2.24) is 4.98 Å². The molecule has 0 saturated carbocycles. The van der Waals surface area contributed by atoms with E-state index in [0.29, 0.717) is 29.6 Å². The Balaban J connectivity index is 1.44. The number of aryl methyl sites for hydroxylation is 1. The van der Waals surface area contributed by atoms with Gasteiger partial charge in [-0.3, -0.25) is 4.79 Å². The minimum atomic E-state index is -0.0685. The fourth-order valence-electron chi connectivity index (χ4n) is 2.56. The minimum Gasteiger partial charge on any atom is -0.492 e. The van der Waals surface area contributed by atoms with E-state index in [4.69, 9.17) is 16.3 Å². The first-order chi connectivity index (χ1) is 13.5. The largest absolute Gasteiger partial charge is 0.492 e. The number of amides is 1. The molecule has 1 N–H and O–H groups in total. The van der Waals surface area contributed by atoms with Crippen molar-refractivity contribution in [3.63, 3.8) is 0 Å². The number of anilines is 1. The maximum Gasteiger partial charge on any atom is 0.226 e.